The van der Waals surface area contributed by atoms with Crippen molar-refractivity contribution in [2.24, 2.45) is 0 Å². The van der Waals surface area contributed by atoms with Gasteiger partial charge in [0.1, 0.15) is 5.69 Å². The van der Waals surface area contributed by atoms with Gasteiger partial charge < -0.3 is 19.4 Å². The largest absolute Gasteiger partial charge is 0.493 e. The van der Waals surface area contributed by atoms with Crippen LogP contribution in [0, 0.1) is 0 Å². The average Bonchev–Trinajstić information content (AvgIpc) is 3.07. The molecule has 0 fully saturated rings. The van der Waals surface area contributed by atoms with E-state index in [0.717, 1.165) is 17.5 Å². The van der Waals surface area contributed by atoms with Gasteiger partial charge in [0.15, 0.2) is 11.5 Å². The molecule has 5 nitrogen and oxygen atoms in total. The third-order valence-electron chi connectivity index (χ3n) is 4.86. The lowest BCUT2D eigenvalue weighted by atomic mass is 10.2. The lowest BCUT2D eigenvalue weighted by Gasteiger charge is -2.22. The van der Waals surface area contributed by atoms with Crippen LogP contribution in [-0.4, -0.2) is 29.4 Å². The molecule has 146 valence electrons. The first-order chi connectivity index (χ1) is 13.6. The highest BCUT2D eigenvalue weighted by Gasteiger charge is 2.23. The SMILES string of the molecule is CCOc1ccc(CNC(=O)c2cc3cccc4c3n2C[C@H](C)S4)cc1OC. The van der Waals surface area contributed by atoms with Crippen molar-refractivity contribution in [2.45, 2.75) is 37.1 Å². The minimum atomic E-state index is -0.0610. The van der Waals surface area contributed by atoms with Gasteiger partial charge in [0.2, 0.25) is 0 Å². The number of hydrogen-bond donors (Lipinski definition) is 1. The van der Waals surface area contributed by atoms with Gasteiger partial charge in [-0.3, -0.25) is 4.79 Å². The molecule has 0 radical (unpaired) electrons. The molecule has 1 N–H and O–H groups in total. The van der Waals surface area contributed by atoms with E-state index < -0.39 is 0 Å². The third kappa shape index (κ3) is 3.44. The summed E-state index contributed by atoms with van der Waals surface area (Å²) in [5, 5.41) is 4.60. The van der Waals surface area contributed by atoms with Crippen molar-refractivity contribution in [2.75, 3.05) is 13.7 Å². The highest BCUT2D eigenvalue weighted by atomic mass is 32.2. The highest BCUT2D eigenvalue weighted by Crippen LogP contribution is 2.38. The van der Waals surface area contributed by atoms with Gasteiger partial charge in [-0.25, -0.2) is 0 Å². The van der Waals surface area contributed by atoms with Gasteiger partial charge in [0, 0.05) is 28.6 Å². The second kappa shape index (κ2) is 7.80. The van der Waals surface area contributed by atoms with Crippen molar-refractivity contribution in [3.63, 3.8) is 0 Å². The summed E-state index contributed by atoms with van der Waals surface area (Å²) < 4.78 is 13.1. The van der Waals surface area contributed by atoms with E-state index in [1.54, 1.807) is 7.11 Å². The van der Waals surface area contributed by atoms with Crippen molar-refractivity contribution >= 4 is 28.6 Å². The number of aromatic nitrogens is 1. The van der Waals surface area contributed by atoms with E-state index in [9.17, 15) is 4.79 Å². The number of rotatable bonds is 6. The summed E-state index contributed by atoms with van der Waals surface area (Å²) in [6.45, 7) is 5.98. The van der Waals surface area contributed by atoms with Crippen LogP contribution in [0.3, 0.4) is 0 Å². The molecule has 0 aliphatic carbocycles. The van der Waals surface area contributed by atoms with Gasteiger partial charge in [-0.15, -0.1) is 11.8 Å². The number of hydrogen-bond acceptors (Lipinski definition) is 4. The Bertz CT molecular complexity index is 1030. The predicted molar refractivity (Wildman–Crippen MR) is 113 cm³/mol. The van der Waals surface area contributed by atoms with Crippen LogP contribution in [0.15, 0.2) is 47.4 Å². The lowest BCUT2D eigenvalue weighted by Crippen LogP contribution is -2.27. The number of amides is 1. The maximum atomic E-state index is 12.9. The Balaban J connectivity index is 1.55. The summed E-state index contributed by atoms with van der Waals surface area (Å²) in [7, 11) is 1.62. The Morgan fingerprint density at radius 1 is 1.25 bits per heavy atom. The first kappa shape index (κ1) is 18.7. The zero-order valence-corrected chi connectivity index (χ0v) is 17.1. The van der Waals surface area contributed by atoms with Crippen molar-refractivity contribution in [1.82, 2.24) is 9.88 Å². The van der Waals surface area contributed by atoms with Crippen molar-refractivity contribution in [1.29, 1.82) is 0 Å². The standard InChI is InChI=1S/C22H24N2O3S/c1-4-27-18-9-8-15(10-19(18)26-3)12-23-22(25)17-11-16-6-5-7-20-21(16)24(17)13-14(2)28-20/h5-11,14H,4,12-13H2,1-3H3,(H,23,25)/t14-/m0/s1. The van der Waals surface area contributed by atoms with Crippen LogP contribution >= 0.6 is 11.8 Å². The van der Waals surface area contributed by atoms with E-state index in [1.165, 1.54) is 10.4 Å². The first-order valence-electron chi connectivity index (χ1n) is 9.47. The Hall–Kier alpha value is -2.60. The number of para-hydroxylation sites is 1. The van der Waals surface area contributed by atoms with Crippen molar-refractivity contribution in [3.05, 3.63) is 53.7 Å². The smallest absolute Gasteiger partial charge is 0.268 e. The Morgan fingerprint density at radius 3 is 2.89 bits per heavy atom. The van der Waals surface area contributed by atoms with Crippen LogP contribution in [-0.2, 0) is 13.1 Å². The van der Waals surface area contributed by atoms with Crippen LogP contribution in [0.1, 0.15) is 29.9 Å². The molecule has 1 aromatic heterocycles. The normalized spacial score (nSPS) is 15.5. The van der Waals surface area contributed by atoms with Gasteiger partial charge in [0.05, 0.1) is 19.2 Å². The molecule has 1 amide bonds. The molecule has 0 saturated heterocycles. The third-order valence-corrected chi connectivity index (χ3v) is 6.00. The molecule has 2 heterocycles. The molecule has 1 atom stereocenters. The number of nitrogens with one attached hydrogen (secondary N) is 1. The molecular formula is C22H24N2O3S. The molecule has 0 bridgehead atoms. The molecule has 0 saturated carbocycles. The van der Waals surface area contributed by atoms with Gasteiger partial charge >= 0.3 is 0 Å². The summed E-state index contributed by atoms with van der Waals surface area (Å²) in [5.41, 5.74) is 2.85. The molecule has 4 rings (SSSR count). The molecule has 1 aliphatic rings. The summed E-state index contributed by atoms with van der Waals surface area (Å²) in [4.78, 5) is 14.2. The van der Waals surface area contributed by atoms with Gasteiger partial charge in [-0.05, 0) is 36.8 Å². The van der Waals surface area contributed by atoms with Gasteiger partial charge in [-0.2, -0.15) is 0 Å². The number of benzene rings is 2. The lowest BCUT2D eigenvalue weighted by molar-refractivity contribution is 0.0942. The Morgan fingerprint density at radius 2 is 2.11 bits per heavy atom. The minimum Gasteiger partial charge on any atom is -0.493 e. The van der Waals surface area contributed by atoms with E-state index >= 15 is 0 Å². The van der Waals surface area contributed by atoms with Crippen LogP contribution in [0.5, 0.6) is 11.5 Å². The fourth-order valence-electron chi connectivity index (χ4n) is 3.64. The molecule has 1 aliphatic heterocycles. The zero-order chi connectivity index (χ0) is 19.7. The molecule has 0 spiro atoms. The summed E-state index contributed by atoms with van der Waals surface area (Å²) in [6.07, 6.45) is 0. The number of thioether (sulfide) groups is 1. The fourth-order valence-corrected chi connectivity index (χ4v) is 4.80. The Labute approximate surface area is 169 Å². The zero-order valence-electron chi connectivity index (χ0n) is 16.3. The van der Waals surface area contributed by atoms with Gasteiger partial charge in [0.25, 0.3) is 5.91 Å². The molecular weight excluding hydrogens is 372 g/mol. The van der Waals surface area contributed by atoms with Crippen molar-refractivity contribution in [3.8, 4) is 11.5 Å². The van der Waals surface area contributed by atoms with E-state index in [0.29, 0.717) is 35.6 Å². The minimum absolute atomic E-state index is 0.0610. The maximum Gasteiger partial charge on any atom is 0.268 e. The van der Waals surface area contributed by atoms with E-state index in [-0.39, 0.29) is 5.91 Å². The quantitative estimate of drug-likeness (QED) is 0.668. The summed E-state index contributed by atoms with van der Waals surface area (Å²) in [5.74, 6) is 1.32. The van der Waals surface area contributed by atoms with Crippen LogP contribution in [0.25, 0.3) is 10.9 Å². The number of carbonyl (C=O) groups excluding carboxylic acids is 1. The predicted octanol–water partition coefficient (Wildman–Crippen LogP) is 4.47. The van der Waals surface area contributed by atoms with Gasteiger partial charge in [-0.1, -0.05) is 25.1 Å². The highest BCUT2D eigenvalue weighted by molar-refractivity contribution is 8.00. The number of carbonyl (C=O) groups is 1. The molecule has 2 aromatic carbocycles. The van der Waals surface area contributed by atoms with E-state index in [1.807, 2.05) is 43.0 Å². The molecule has 28 heavy (non-hydrogen) atoms. The van der Waals surface area contributed by atoms with E-state index in [2.05, 4.69) is 35.0 Å². The second-order valence-electron chi connectivity index (χ2n) is 6.86. The summed E-state index contributed by atoms with van der Waals surface area (Å²) in [6, 6.07) is 14.0. The maximum absolute atomic E-state index is 12.9. The van der Waals surface area contributed by atoms with Crippen LogP contribution in [0.4, 0.5) is 0 Å². The van der Waals surface area contributed by atoms with Crippen LogP contribution < -0.4 is 14.8 Å². The van der Waals surface area contributed by atoms with E-state index in [4.69, 9.17) is 9.47 Å². The molecule has 3 aromatic rings. The number of nitrogens with zero attached hydrogens (tertiary/aromatic N) is 1. The summed E-state index contributed by atoms with van der Waals surface area (Å²) >= 11 is 1.87. The number of ether oxygens (including phenoxy) is 2. The van der Waals surface area contributed by atoms with Crippen molar-refractivity contribution < 1.29 is 14.3 Å². The monoisotopic (exact) mass is 396 g/mol. The number of methoxy groups -OCH3 is 1. The topological polar surface area (TPSA) is 52.5 Å². The second-order valence-corrected chi connectivity index (χ2v) is 8.34. The molecule has 0 unspecified atom stereocenters. The first-order valence-corrected chi connectivity index (χ1v) is 10.4. The Kier molecular flexibility index (Phi) is 5.22. The van der Waals surface area contributed by atoms with Crippen LogP contribution in [0.2, 0.25) is 0 Å². The molecule has 6 heteroatoms. The average molecular weight is 397 g/mol. The fraction of sp³-hybridized carbons (Fsp3) is 0.318.